The Kier molecular flexibility index (Phi) is 6.28. The Labute approximate surface area is 246 Å². The Hall–Kier alpha value is -2.20. The summed E-state index contributed by atoms with van der Waals surface area (Å²) in [4.78, 5) is 26.9. The molecule has 8 atom stereocenters. The zero-order valence-electron chi connectivity index (χ0n) is 26.2. The second kappa shape index (κ2) is 8.91. The largest absolute Gasteiger partial charge is 0.481 e. The topological polar surface area (TPSA) is 74.6 Å². The maximum absolute atomic E-state index is 14.0. The molecule has 0 aromatic heterocycles. The van der Waals surface area contributed by atoms with Crippen molar-refractivity contribution in [2.75, 3.05) is 0 Å². The molecular weight excluding hydrogens is 508 g/mol. The first-order chi connectivity index (χ1) is 19.0. The van der Waals surface area contributed by atoms with Crippen molar-refractivity contribution in [1.82, 2.24) is 0 Å². The summed E-state index contributed by atoms with van der Waals surface area (Å²) in [6.45, 7) is 16.1. The minimum absolute atomic E-state index is 0.00609. The molecule has 1 aromatic carbocycles. The van der Waals surface area contributed by atoms with Crippen LogP contribution in [0.5, 0.6) is 0 Å². The van der Waals surface area contributed by atoms with E-state index in [0.29, 0.717) is 30.5 Å². The lowest BCUT2D eigenvalue weighted by atomic mass is 9.33. The van der Waals surface area contributed by atoms with Crippen LogP contribution in [0.4, 0.5) is 0 Å². The number of hydrogen-bond acceptors (Lipinski definition) is 3. The molecular formula is C37H50O4. The lowest BCUT2D eigenvalue weighted by Gasteiger charge is -2.70. The number of carboxylic acids is 1. The zero-order chi connectivity index (χ0) is 29.8. The highest BCUT2D eigenvalue weighted by Crippen LogP contribution is 2.75. The Balaban J connectivity index is 1.46. The van der Waals surface area contributed by atoms with Crippen LogP contribution in [0.1, 0.15) is 105 Å². The molecule has 5 aliphatic carbocycles. The second-order valence-electron chi connectivity index (χ2n) is 16.6. The first-order valence-electron chi connectivity index (χ1n) is 16.0. The monoisotopic (exact) mass is 558 g/mol. The quantitative estimate of drug-likeness (QED) is 0.284. The molecule has 0 unspecified atom stereocenters. The van der Waals surface area contributed by atoms with Gasteiger partial charge in [-0.2, -0.15) is 0 Å². The van der Waals surface area contributed by atoms with Gasteiger partial charge in [0.15, 0.2) is 5.78 Å². The van der Waals surface area contributed by atoms with Gasteiger partial charge in [0, 0.05) is 5.41 Å². The number of fused-ring (bicyclic) bond motifs is 7. The molecule has 0 heterocycles. The van der Waals surface area contributed by atoms with E-state index in [-0.39, 0.29) is 27.6 Å². The summed E-state index contributed by atoms with van der Waals surface area (Å²) < 4.78 is 0. The summed E-state index contributed by atoms with van der Waals surface area (Å²) in [5, 5.41) is 22.1. The number of aliphatic hydroxyl groups excluding tert-OH is 1. The van der Waals surface area contributed by atoms with E-state index in [0.717, 1.165) is 49.7 Å². The van der Waals surface area contributed by atoms with Crippen molar-refractivity contribution in [3.8, 4) is 0 Å². The van der Waals surface area contributed by atoms with Crippen LogP contribution in [0.3, 0.4) is 0 Å². The minimum atomic E-state index is -1.09. The molecule has 0 spiro atoms. The molecule has 0 aliphatic heterocycles. The number of allylic oxidation sites excluding steroid dienone is 3. The second-order valence-corrected chi connectivity index (χ2v) is 16.6. The van der Waals surface area contributed by atoms with Gasteiger partial charge in [-0.1, -0.05) is 90.4 Å². The number of aliphatic carboxylic acids is 1. The molecule has 0 bridgehead atoms. The van der Waals surface area contributed by atoms with Gasteiger partial charge in [0.25, 0.3) is 0 Å². The average molecular weight is 559 g/mol. The van der Waals surface area contributed by atoms with Crippen molar-refractivity contribution in [2.24, 2.45) is 50.2 Å². The number of Topliss-reactive ketones (excluding diaryl/α,β-unsaturated/α-hetero) is 1. The molecule has 0 radical (unpaired) electrons. The number of rotatable bonds is 2. The molecule has 5 aliphatic rings. The van der Waals surface area contributed by atoms with Gasteiger partial charge in [0.1, 0.15) is 5.41 Å². The van der Waals surface area contributed by atoms with Crippen molar-refractivity contribution < 1.29 is 19.8 Å². The van der Waals surface area contributed by atoms with E-state index in [2.05, 4.69) is 72.8 Å². The van der Waals surface area contributed by atoms with E-state index in [1.165, 1.54) is 5.57 Å². The van der Waals surface area contributed by atoms with Crippen LogP contribution in [-0.4, -0.2) is 28.1 Å². The predicted molar refractivity (Wildman–Crippen MR) is 163 cm³/mol. The van der Waals surface area contributed by atoms with Gasteiger partial charge in [0.05, 0.1) is 6.10 Å². The molecule has 0 amide bonds. The van der Waals surface area contributed by atoms with Crippen molar-refractivity contribution in [2.45, 2.75) is 106 Å². The average Bonchev–Trinajstić information content (AvgIpc) is 2.87. The van der Waals surface area contributed by atoms with E-state index in [1.807, 2.05) is 18.2 Å². The predicted octanol–water partition coefficient (Wildman–Crippen LogP) is 8.11. The molecule has 4 heteroatoms. The van der Waals surface area contributed by atoms with Crippen LogP contribution >= 0.6 is 0 Å². The van der Waals surface area contributed by atoms with Crippen molar-refractivity contribution in [3.05, 3.63) is 53.1 Å². The third kappa shape index (κ3) is 3.74. The number of carboxylic acid groups (broad SMARTS) is 1. The van der Waals surface area contributed by atoms with E-state index >= 15 is 0 Å². The maximum atomic E-state index is 14.0. The highest BCUT2D eigenvalue weighted by molar-refractivity contribution is 6.04. The summed E-state index contributed by atoms with van der Waals surface area (Å²) in [6, 6.07) is 10.2. The van der Waals surface area contributed by atoms with E-state index in [9.17, 15) is 19.8 Å². The Morgan fingerprint density at radius 2 is 1.61 bits per heavy atom. The van der Waals surface area contributed by atoms with Gasteiger partial charge in [-0.25, -0.2) is 0 Å². The summed E-state index contributed by atoms with van der Waals surface area (Å²) in [5.41, 5.74) is 1.56. The molecule has 4 nitrogen and oxygen atoms in total. The lowest BCUT2D eigenvalue weighted by molar-refractivity contribution is -0.197. The molecule has 4 saturated carbocycles. The first kappa shape index (κ1) is 28.9. The number of ketones is 1. The summed E-state index contributed by atoms with van der Waals surface area (Å²) >= 11 is 0. The Bertz CT molecular complexity index is 1340. The molecule has 6 rings (SSSR count). The van der Waals surface area contributed by atoms with E-state index in [4.69, 9.17) is 0 Å². The van der Waals surface area contributed by atoms with Crippen molar-refractivity contribution >= 4 is 17.8 Å². The maximum Gasteiger partial charge on any atom is 0.312 e. The van der Waals surface area contributed by atoms with Crippen LogP contribution in [0.2, 0.25) is 0 Å². The molecule has 41 heavy (non-hydrogen) atoms. The number of aliphatic hydroxyl groups is 1. The molecule has 222 valence electrons. The number of hydrogen-bond donors (Lipinski definition) is 2. The molecule has 4 fully saturated rings. The SMILES string of the molecule is CC1(C)C[C@@H](O)[C@]2(C(=O)O)CC[C@]3(C)C(=CC[C@@H]4[C@@]5(C)C/C(=C\c6ccccc6)C(=O)C(C)(C)[C@@H]5CC[C@]43C)[C@@H]2C1. The normalized spacial score (nSPS) is 45.5. The smallest absolute Gasteiger partial charge is 0.312 e. The van der Waals surface area contributed by atoms with Gasteiger partial charge in [-0.05, 0) is 108 Å². The summed E-state index contributed by atoms with van der Waals surface area (Å²) in [7, 11) is 0. The van der Waals surface area contributed by atoms with Crippen LogP contribution in [-0.2, 0) is 9.59 Å². The fraction of sp³-hybridized carbons (Fsp3) is 0.676. The van der Waals surface area contributed by atoms with Gasteiger partial charge in [-0.3, -0.25) is 9.59 Å². The van der Waals surface area contributed by atoms with Gasteiger partial charge < -0.3 is 10.2 Å². The fourth-order valence-electron chi connectivity index (χ4n) is 11.6. The Morgan fingerprint density at radius 1 is 0.927 bits per heavy atom. The first-order valence-corrected chi connectivity index (χ1v) is 16.0. The van der Waals surface area contributed by atoms with E-state index < -0.39 is 22.9 Å². The van der Waals surface area contributed by atoms with Crippen LogP contribution in [0, 0.1) is 50.2 Å². The number of carbonyl (C=O) groups is 2. The van der Waals surface area contributed by atoms with Crippen LogP contribution in [0.15, 0.2) is 47.6 Å². The summed E-state index contributed by atoms with van der Waals surface area (Å²) in [5.74, 6) is 0.0449. The molecule has 1 aromatic rings. The number of benzene rings is 1. The molecule has 2 N–H and O–H groups in total. The standard InChI is InChI=1S/C37H50O4/c1-32(2)21-26-25-13-14-28-34(5)20-24(19-23-11-9-8-10-12-23)30(39)33(3,4)27(34)15-16-36(28,7)35(25,6)17-18-37(26,31(40)41)29(38)22-32/h8-13,19,26-29,38H,14-18,20-22H2,1-7H3,(H,40,41)/b24-19+/t26-,27-,28+,29+,34-,35+,36+,37-/m0/s1. The minimum Gasteiger partial charge on any atom is -0.481 e. The Morgan fingerprint density at radius 3 is 2.27 bits per heavy atom. The van der Waals surface area contributed by atoms with Gasteiger partial charge in [-0.15, -0.1) is 0 Å². The summed E-state index contributed by atoms with van der Waals surface area (Å²) in [6.07, 6.45) is 10.2. The highest BCUT2D eigenvalue weighted by atomic mass is 16.4. The zero-order valence-corrected chi connectivity index (χ0v) is 26.2. The van der Waals surface area contributed by atoms with Crippen molar-refractivity contribution in [3.63, 3.8) is 0 Å². The third-order valence-electron chi connectivity index (χ3n) is 13.8. The highest BCUT2D eigenvalue weighted by Gasteiger charge is 2.71. The van der Waals surface area contributed by atoms with Gasteiger partial charge in [0.2, 0.25) is 0 Å². The van der Waals surface area contributed by atoms with E-state index in [1.54, 1.807) is 0 Å². The number of carbonyl (C=O) groups excluding carboxylic acids is 1. The molecule has 0 saturated heterocycles. The fourth-order valence-corrected chi connectivity index (χ4v) is 11.6. The van der Waals surface area contributed by atoms with Crippen molar-refractivity contribution in [1.29, 1.82) is 0 Å². The van der Waals surface area contributed by atoms with Crippen LogP contribution < -0.4 is 0 Å². The van der Waals surface area contributed by atoms with Gasteiger partial charge >= 0.3 is 5.97 Å². The lowest BCUT2D eigenvalue weighted by Crippen LogP contribution is -2.66. The van der Waals surface area contributed by atoms with Crippen LogP contribution in [0.25, 0.3) is 6.08 Å². The third-order valence-corrected chi connectivity index (χ3v) is 13.8.